The maximum Gasteiger partial charge on any atom is 0.309 e. The van der Waals surface area contributed by atoms with Crippen molar-refractivity contribution in [2.45, 2.75) is 46.6 Å². The van der Waals surface area contributed by atoms with Crippen molar-refractivity contribution in [2.24, 2.45) is 5.92 Å². The topological polar surface area (TPSA) is 75.6 Å². The molecule has 1 aromatic carbocycles. The third kappa shape index (κ3) is 5.21. The van der Waals surface area contributed by atoms with Crippen LogP contribution >= 0.6 is 0 Å². The molecule has 0 aliphatic carbocycles. The molecule has 3 rings (SSSR count). The number of hydrogen-bond acceptors (Lipinski definition) is 6. The Balaban J connectivity index is 1.86. The zero-order valence-corrected chi connectivity index (χ0v) is 19.1. The van der Waals surface area contributed by atoms with Gasteiger partial charge in [-0.05, 0) is 46.6 Å². The van der Waals surface area contributed by atoms with Crippen LogP contribution in [0.2, 0.25) is 0 Å². The first kappa shape index (κ1) is 22.7. The van der Waals surface area contributed by atoms with Gasteiger partial charge in [0.05, 0.1) is 12.5 Å². The van der Waals surface area contributed by atoms with Gasteiger partial charge < -0.3 is 14.5 Å². The van der Waals surface area contributed by atoms with Crippen LogP contribution in [-0.2, 0) is 9.53 Å². The molecule has 0 N–H and O–H groups in total. The van der Waals surface area contributed by atoms with Crippen LogP contribution in [0.1, 0.15) is 49.5 Å². The molecule has 1 aliphatic heterocycles. The molecule has 2 aromatic rings. The highest BCUT2D eigenvalue weighted by Crippen LogP contribution is 2.27. The molecule has 7 nitrogen and oxygen atoms in total. The number of piperidine rings is 1. The number of nitrogens with zero attached hydrogens (tertiary/aromatic N) is 4. The van der Waals surface area contributed by atoms with Crippen LogP contribution in [0, 0.1) is 12.8 Å². The molecule has 1 aromatic heterocycles. The van der Waals surface area contributed by atoms with E-state index in [9.17, 15) is 9.59 Å². The predicted octanol–water partition coefficient (Wildman–Crippen LogP) is 3.71. The quantitative estimate of drug-likeness (QED) is 0.658. The Bertz CT molecular complexity index is 936. The number of hydrogen-bond donors (Lipinski definition) is 0. The molecular formula is C24H32N4O3. The summed E-state index contributed by atoms with van der Waals surface area (Å²) in [5.41, 5.74) is 2.54. The normalized spacial score (nSPS) is 14.6. The Morgan fingerprint density at radius 3 is 2.58 bits per heavy atom. The predicted molar refractivity (Wildman–Crippen MR) is 121 cm³/mol. The number of amides is 1. The van der Waals surface area contributed by atoms with Gasteiger partial charge in [-0.2, -0.15) is 0 Å². The number of aromatic nitrogens is 2. The van der Waals surface area contributed by atoms with Crippen molar-refractivity contribution in [3.8, 4) is 11.4 Å². The second kappa shape index (κ2) is 9.90. The lowest BCUT2D eigenvalue weighted by atomic mass is 9.96. The number of esters is 1. The second-order valence-electron chi connectivity index (χ2n) is 8.32. The van der Waals surface area contributed by atoms with Gasteiger partial charge in [0.2, 0.25) is 0 Å². The summed E-state index contributed by atoms with van der Waals surface area (Å²) in [5, 5.41) is 0. The van der Waals surface area contributed by atoms with Crippen molar-refractivity contribution in [2.75, 3.05) is 31.6 Å². The summed E-state index contributed by atoms with van der Waals surface area (Å²) in [4.78, 5) is 38.4. The average Bonchev–Trinajstić information content (AvgIpc) is 2.78. The van der Waals surface area contributed by atoms with Crippen LogP contribution in [0.4, 0.5) is 5.82 Å². The summed E-state index contributed by atoms with van der Waals surface area (Å²) < 4.78 is 5.13. The van der Waals surface area contributed by atoms with Crippen molar-refractivity contribution in [3.05, 3.63) is 41.6 Å². The number of carbonyl (C=O) groups is 2. The number of anilines is 1. The Morgan fingerprint density at radius 1 is 1.26 bits per heavy atom. The van der Waals surface area contributed by atoms with Crippen molar-refractivity contribution in [1.29, 1.82) is 0 Å². The van der Waals surface area contributed by atoms with Crippen LogP contribution in [0.5, 0.6) is 0 Å². The molecule has 1 fully saturated rings. The lowest BCUT2D eigenvalue weighted by Gasteiger charge is -2.32. The molecule has 166 valence electrons. The van der Waals surface area contributed by atoms with E-state index in [1.54, 1.807) is 11.1 Å². The van der Waals surface area contributed by atoms with Gasteiger partial charge in [0.15, 0.2) is 5.82 Å². The van der Waals surface area contributed by atoms with Crippen LogP contribution < -0.4 is 4.90 Å². The van der Waals surface area contributed by atoms with Gasteiger partial charge in [0.1, 0.15) is 11.4 Å². The molecule has 0 bridgehead atoms. The van der Waals surface area contributed by atoms with Crippen LogP contribution in [0.3, 0.4) is 0 Å². The van der Waals surface area contributed by atoms with E-state index < -0.39 is 0 Å². The third-order valence-corrected chi connectivity index (χ3v) is 5.79. The molecule has 0 saturated carbocycles. The number of benzene rings is 1. The van der Waals surface area contributed by atoms with E-state index in [4.69, 9.17) is 9.72 Å². The number of aryl methyl sites for hydroxylation is 1. The zero-order chi connectivity index (χ0) is 22.5. The minimum atomic E-state index is -0.166. The highest BCUT2D eigenvalue weighted by Gasteiger charge is 2.31. The molecular weight excluding hydrogens is 392 g/mol. The van der Waals surface area contributed by atoms with E-state index in [1.807, 2.05) is 50.1 Å². The SMILES string of the molecule is CCOC(=O)C1CCN(C(=O)c2cnc(-c3cccc(C)c3)nc2N(C)C(C)C)CC1. The van der Waals surface area contributed by atoms with Crippen LogP contribution in [0.15, 0.2) is 30.5 Å². The van der Waals surface area contributed by atoms with Gasteiger partial charge in [-0.25, -0.2) is 9.97 Å². The van der Waals surface area contributed by atoms with E-state index in [0.717, 1.165) is 11.1 Å². The number of rotatable bonds is 6. The minimum Gasteiger partial charge on any atom is -0.466 e. The van der Waals surface area contributed by atoms with Crippen molar-refractivity contribution < 1.29 is 14.3 Å². The maximum absolute atomic E-state index is 13.4. The van der Waals surface area contributed by atoms with E-state index in [0.29, 0.717) is 49.7 Å². The smallest absolute Gasteiger partial charge is 0.309 e. The Hall–Kier alpha value is -2.96. The van der Waals surface area contributed by atoms with Gasteiger partial charge in [0.25, 0.3) is 5.91 Å². The number of likely N-dealkylation sites (tertiary alicyclic amines) is 1. The Labute approximate surface area is 184 Å². The zero-order valence-electron chi connectivity index (χ0n) is 19.1. The minimum absolute atomic E-state index is 0.0967. The van der Waals surface area contributed by atoms with Crippen LogP contribution in [-0.4, -0.2) is 59.5 Å². The molecule has 0 unspecified atom stereocenters. The van der Waals surface area contributed by atoms with Crippen molar-refractivity contribution in [1.82, 2.24) is 14.9 Å². The summed E-state index contributed by atoms with van der Waals surface area (Å²) >= 11 is 0. The van der Waals surface area contributed by atoms with Crippen LogP contribution in [0.25, 0.3) is 11.4 Å². The molecule has 0 spiro atoms. The van der Waals surface area contributed by atoms with Gasteiger partial charge in [-0.3, -0.25) is 9.59 Å². The fraction of sp³-hybridized carbons (Fsp3) is 0.500. The van der Waals surface area contributed by atoms with Crippen molar-refractivity contribution >= 4 is 17.7 Å². The summed E-state index contributed by atoms with van der Waals surface area (Å²) in [6, 6.07) is 8.19. The van der Waals surface area contributed by atoms with E-state index in [2.05, 4.69) is 18.8 Å². The summed E-state index contributed by atoms with van der Waals surface area (Å²) in [6.45, 7) is 9.39. The molecule has 7 heteroatoms. The van der Waals surface area contributed by atoms with Gasteiger partial charge in [-0.1, -0.05) is 23.8 Å². The van der Waals surface area contributed by atoms with Gasteiger partial charge in [0, 0.05) is 37.9 Å². The third-order valence-electron chi connectivity index (χ3n) is 5.79. The monoisotopic (exact) mass is 424 g/mol. The second-order valence-corrected chi connectivity index (χ2v) is 8.32. The molecule has 1 amide bonds. The van der Waals surface area contributed by atoms with E-state index >= 15 is 0 Å². The van der Waals surface area contributed by atoms with Gasteiger partial charge in [-0.15, -0.1) is 0 Å². The fourth-order valence-electron chi connectivity index (χ4n) is 3.71. The fourth-order valence-corrected chi connectivity index (χ4v) is 3.71. The molecule has 1 saturated heterocycles. The summed E-state index contributed by atoms with van der Waals surface area (Å²) in [5.74, 6) is 0.825. The Kier molecular flexibility index (Phi) is 7.25. The number of carbonyl (C=O) groups excluding carboxylic acids is 2. The average molecular weight is 425 g/mol. The van der Waals surface area contributed by atoms with E-state index in [1.165, 1.54) is 0 Å². The molecule has 0 radical (unpaired) electrons. The number of ether oxygens (including phenoxy) is 1. The first-order chi connectivity index (χ1) is 14.8. The highest BCUT2D eigenvalue weighted by atomic mass is 16.5. The summed E-state index contributed by atoms with van der Waals surface area (Å²) in [7, 11) is 1.94. The van der Waals surface area contributed by atoms with Crippen molar-refractivity contribution in [3.63, 3.8) is 0 Å². The first-order valence-electron chi connectivity index (χ1n) is 10.9. The molecule has 1 aliphatic rings. The van der Waals surface area contributed by atoms with Gasteiger partial charge >= 0.3 is 5.97 Å². The first-order valence-corrected chi connectivity index (χ1v) is 10.9. The molecule has 31 heavy (non-hydrogen) atoms. The largest absolute Gasteiger partial charge is 0.466 e. The molecule has 0 atom stereocenters. The lowest BCUT2D eigenvalue weighted by Crippen LogP contribution is -2.41. The van der Waals surface area contributed by atoms with E-state index in [-0.39, 0.29) is 23.8 Å². The molecule has 2 heterocycles. The maximum atomic E-state index is 13.4. The standard InChI is InChI=1S/C24H32N4O3/c1-6-31-24(30)18-10-12-28(13-11-18)23(29)20-15-25-21(19-9-7-8-17(4)14-19)26-22(20)27(5)16(2)3/h7-9,14-16,18H,6,10-13H2,1-5H3. The summed E-state index contributed by atoms with van der Waals surface area (Å²) in [6.07, 6.45) is 2.86. The lowest BCUT2D eigenvalue weighted by molar-refractivity contribution is -0.149. The Morgan fingerprint density at radius 2 is 1.97 bits per heavy atom. The highest BCUT2D eigenvalue weighted by molar-refractivity contribution is 5.99.